The summed E-state index contributed by atoms with van der Waals surface area (Å²) in [5.41, 5.74) is 2.94. The predicted molar refractivity (Wildman–Crippen MR) is 118 cm³/mol. The molecule has 2 aliphatic rings. The monoisotopic (exact) mass is 444 g/mol. The third-order valence-electron chi connectivity index (χ3n) is 5.87. The van der Waals surface area contributed by atoms with Crippen LogP contribution in [0.25, 0.3) is 5.57 Å². The molecule has 2 atom stereocenters. The summed E-state index contributed by atoms with van der Waals surface area (Å²) in [5.74, 6) is 0.242. The maximum absolute atomic E-state index is 12.6. The van der Waals surface area contributed by atoms with Gasteiger partial charge in [0, 0.05) is 29.5 Å². The van der Waals surface area contributed by atoms with Gasteiger partial charge < -0.3 is 15.2 Å². The topological polar surface area (TPSA) is 119 Å². The lowest BCUT2D eigenvalue weighted by molar-refractivity contribution is 0.157. The summed E-state index contributed by atoms with van der Waals surface area (Å²) in [6.45, 7) is -0.172. The van der Waals surface area contributed by atoms with E-state index in [-0.39, 0.29) is 35.3 Å². The van der Waals surface area contributed by atoms with Crippen LogP contribution in [0.15, 0.2) is 52.2 Å². The molecule has 1 unspecified atom stereocenters. The van der Waals surface area contributed by atoms with Gasteiger partial charge >= 0.3 is 0 Å². The lowest BCUT2D eigenvalue weighted by Crippen LogP contribution is -2.27. The fraction of sp³-hybridized carbons (Fsp3) is 0.435. The van der Waals surface area contributed by atoms with E-state index in [1.165, 1.54) is 0 Å². The molecule has 4 rings (SSSR count). The maximum Gasteiger partial charge on any atom is 0.251 e. The Hall–Kier alpha value is -2.26. The second-order valence-corrected chi connectivity index (χ2v) is 10.4. The van der Waals surface area contributed by atoms with E-state index in [1.54, 1.807) is 24.3 Å². The number of H-pyrrole nitrogens is 1. The van der Waals surface area contributed by atoms with Gasteiger partial charge in [0.25, 0.3) is 5.56 Å². The molecule has 0 radical (unpaired) electrons. The summed E-state index contributed by atoms with van der Waals surface area (Å²) < 4.78 is 24.8. The molecule has 0 spiro atoms. The molecule has 1 aromatic carbocycles. The molecule has 4 N–H and O–H groups in total. The highest BCUT2D eigenvalue weighted by molar-refractivity contribution is 7.91. The zero-order chi connectivity index (χ0) is 22.0. The largest absolute Gasteiger partial charge is 0.396 e. The van der Waals surface area contributed by atoms with E-state index in [4.69, 9.17) is 5.11 Å². The van der Waals surface area contributed by atoms with Crippen LogP contribution in [0.2, 0.25) is 0 Å². The van der Waals surface area contributed by atoms with Crippen LogP contribution in [0, 0.1) is 0 Å². The lowest BCUT2D eigenvalue weighted by atomic mass is 9.98. The highest BCUT2D eigenvalue weighted by Gasteiger charge is 2.27. The van der Waals surface area contributed by atoms with Gasteiger partial charge in [0.15, 0.2) is 9.84 Å². The van der Waals surface area contributed by atoms with Crippen LogP contribution >= 0.6 is 0 Å². The number of nitrogens with one attached hydrogen (secondary N) is 2. The smallest absolute Gasteiger partial charge is 0.251 e. The fourth-order valence-corrected chi connectivity index (χ4v) is 5.29. The second kappa shape index (κ2) is 9.08. The summed E-state index contributed by atoms with van der Waals surface area (Å²) >= 11 is 0. The van der Waals surface area contributed by atoms with Gasteiger partial charge in [-0.3, -0.25) is 10.1 Å². The van der Waals surface area contributed by atoms with Crippen LogP contribution in [-0.4, -0.2) is 48.2 Å². The van der Waals surface area contributed by atoms with Crippen molar-refractivity contribution in [3.05, 3.63) is 69.6 Å². The fourth-order valence-electron chi connectivity index (χ4n) is 4.00. The van der Waals surface area contributed by atoms with E-state index in [0.717, 1.165) is 36.0 Å². The van der Waals surface area contributed by atoms with E-state index in [1.807, 2.05) is 18.2 Å². The standard InChI is InChI=1S/C23H28N2O5S/c26-12-1-13-31(29,30)18-7-4-16(5-8-18)20(14-17-6-11-22(27)24-17)21-10-9-19(15-2-3-15)23(28)25-21/h4-5,7-10,14-15,17,22,24,26-27H,1-3,6,11-13H2,(H,25,28)/b20-14+/t17-,22?/m1/s1. The van der Waals surface area contributed by atoms with Crippen LogP contribution in [0.4, 0.5) is 0 Å². The van der Waals surface area contributed by atoms with Crippen molar-refractivity contribution in [2.45, 2.75) is 55.2 Å². The number of hydrogen-bond acceptors (Lipinski definition) is 6. The van der Waals surface area contributed by atoms with Gasteiger partial charge in [0.05, 0.1) is 10.6 Å². The molecule has 166 valence electrons. The van der Waals surface area contributed by atoms with E-state index in [9.17, 15) is 18.3 Å². The van der Waals surface area contributed by atoms with Crippen molar-refractivity contribution in [2.75, 3.05) is 12.4 Å². The number of rotatable bonds is 8. The first kappa shape index (κ1) is 22.0. The van der Waals surface area contributed by atoms with Crippen LogP contribution in [0.3, 0.4) is 0 Å². The summed E-state index contributed by atoms with van der Waals surface area (Å²) in [5, 5.41) is 21.8. The zero-order valence-corrected chi connectivity index (χ0v) is 18.1. The van der Waals surface area contributed by atoms with Crippen molar-refractivity contribution >= 4 is 15.4 Å². The minimum Gasteiger partial charge on any atom is -0.396 e. The molecule has 7 nitrogen and oxygen atoms in total. The Labute approximate surface area is 181 Å². The Morgan fingerprint density at radius 2 is 1.81 bits per heavy atom. The van der Waals surface area contributed by atoms with Gasteiger partial charge in [-0.1, -0.05) is 24.3 Å². The van der Waals surface area contributed by atoms with Crippen molar-refractivity contribution in [1.29, 1.82) is 0 Å². The molecule has 2 aromatic rings. The molecule has 2 heterocycles. The third kappa shape index (κ3) is 5.15. The van der Waals surface area contributed by atoms with Crippen LogP contribution in [0.5, 0.6) is 0 Å². The molecule has 2 fully saturated rings. The Bertz CT molecular complexity index is 1120. The molecule has 31 heavy (non-hydrogen) atoms. The van der Waals surface area contributed by atoms with Crippen molar-refractivity contribution < 1.29 is 18.6 Å². The first-order chi connectivity index (χ1) is 14.9. The average Bonchev–Trinajstić information content (AvgIpc) is 3.51. The number of aromatic nitrogens is 1. The summed E-state index contributed by atoms with van der Waals surface area (Å²) in [4.78, 5) is 15.8. The van der Waals surface area contributed by atoms with E-state index in [0.29, 0.717) is 18.0 Å². The first-order valence-corrected chi connectivity index (χ1v) is 12.4. The molecule has 1 saturated carbocycles. The number of benzene rings is 1. The number of aliphatic hydroxyl groups is 2. The highest BCUT2D eigenvalue weighted by atomic mass is 32.2. The zero-order valence-electron chi connectivity index (χ0n) is 17.3. The molecule has 8 heteroatoms. The van der Waals surface area contributed by atoms with Gasteiger partial charge in [0.1, 0.15) is 6.23 Å². The van der Waals surface area contributed by atoms with E-state index < -0.39 is 16.1 Å². The number of aliphatic hydroxyl groups excluding tert-OH is 2. The highest BCUT2D eigenvalue weighted by Crippen LogP contribution is 2.38. The van der Waals surface area contributed by atoms with E-state index >= 15 is 0 Å². The van der Waals surface area contributed by atoms with Crippen molar-refractivity contribution in [1.82, 2.24) is 10.3 Å². The Balaban J connectivity index is 1.69. The number of pyridine rings is 1. The van der Waals surface area contributed by atoms with Gasteiger partial charge in [-0.05, 0) is 61.8 Å². The van der Waals surface area contributed by atoms with Gasteiger partial charge in [-0.2, -0.15) is 0 Å². The number of sulfone groups is 1. The Kier molecular flexibility index (Phi) is 6.43. The van der Waals surface area contributed by atoms with E-state index in [2.05, 4.69) is 10.3 Å². The molecule has 0 amide bonds. The predicted octanol–water partition coefficient (Wildman–Crippen LogP) is 1.91. The van der Waals surface area contributed by atoms with Gasteiger partial charge in [0.2, 0.25) is 0 Å². The number of hydrogen-bond donors (Lipinski definition) is 4. The summed E-state index contributed by atoms with van der Waals surface area (Å²) in [7, 11) is -3.46. The molecule has 0 bridgehead atoms. The van der Waals surface area contributed by atoms with Crippen molar-refractivity contribution in [3.8, 4) is 0 Å². The maximum atomic E-state index is 12.6. The molecule has 1 aliphatic heterocycles. The third-order valence-corrected chi connectivity index (χ3v) is 7.68. The van der Waals surface area contributed by atoms with Crippen LogP contribution in [0.1, 0.15) is 54.8 Å². The molecule has 1 saturated heterocycles. The quantitative estimate of drug-likeness (QED) is 0.494. The average molecular weight is 445 g/mol. The molecular weight excluding hydrogens is 416 g/mol. The molecule has 1 aromatic heterocycles. The van der Waals surface area contributed by atoms with Crippen LogP contribution < -0.4 is 10.9 Å². The van der Waals surface area contributed by atoms with Crippen molar-refractivity contribution in [2.24, 2.45) is 0 Å². The van der Waals surface area contributed by atoms with Crippen molar-refractivity contribution in [3.63, 3.8) is 0 Å². The summed E-state index contributed by atoms with van der Waals surface area (Å²) in [6.07, 6.45) is 5.11. The minimum atomic E-state index is -3.46. The Morgan fingerprint density at radius 3 is 2.39 bits per heavy atom. The second-order valence-electron chi connectivity index (χ2n) is 8.30. The van der Waals surface area contributed by atoms with Crippen LogP contribution in [-0.2, 0) is 9.84 Å². The normalized spacial score (nSPS) is 22.1. The van der Waals surface area contributed by atoms with Gasteiger partial charge in [-0.25, -0.2) is 8.42 Å². The van der Waals surface area contributed by atoms with Gasteiger partial charge in [-0.15, -0.1) is 0 Å². The first-order valence-electron chi connectivity index (χ1n) is 10.7. The SMILES string of the molecule is O=c1[nH]c(/C(=C/[C@H]2CCC(O)N2)c2ccc(S(=O)(=O)CCCO)cc2)ccc1C1CC1. The molecular formula is C23H28N2O5S. The minimum absolute atomic E-state index is 0.0513. The summed E-state index contributed by atoms with van der Waals surface area (Å²) in [6, 6.07) is 10.3. The molecule has 1 aliphatic carbocycles. The number of aromatic amines is 1. The lowest BCUT2D eigenvalue weighted by Gasteiger charge is -2.14. The Morgan fingerprint density at radius 1 is 1.06 bits per heavy atom.